The van der Waals surface area contributed by atoms with Crippen LogP contribution < -0.4 is 0 Å². The molecule has 1 aliphatic rings. The van der Waals surface area contributed by atoms with Crippen LogP contribution in [0.25, 0.3) is 0 Å². The summed E-state index contributed by atoms with van der Waals surface area (Å²) >= 11 is 0. The zero-order valence-electron chi connectivity index (χ0n) is 11.5. The SMILES string of the molecule is CCC1C(F)CC(O)C1C/C=C/CCCC(=O)O.[Pr]. The van der Waals surface area contributed by atoms with Gasteiger partial charge in [0.05, 0.1) is 6.10 Å². The average molecular weight is 399 g/mol. The molecule has 1 rings (SSSR count). The van der Waals surface area contributed by atoms with Crippen molar-refractivity contribution in [1.29, 1.82) is 0 Å². The summed E-state index contributed by atoms with van der Waals surface area (Å²) in [5.74, 6) is -0.801. The van der Waals surface area contributed by atoms with E-state index in [1.165, 1.54) is 0 Å². The molecule has 0 heterocycles. The van der Waals surface area contributed by atoms with Gasteiger partial charge < -0.3 is 10.2 Å². The van der Waals surface area contributed by atoms with Gasteiger partial charge in [0.1, 0.15) is 6.17 Å². The van der Waals surface area contributed by atoms with Crippen molar-refractivity contribution in [2.75, 3.05) is 0 Å². The molecule has 19 heavy (non-hydrogen) atoms. The van der Waals surface area contributed by atoms with Gasteiger partial charge in [-0.15, -0.1) is 0 Å². The van der Waals surface area contributed by atoms with E-state index in [9.17, 15) is 14.3 Å². The van der Waals surface area contributed by atoms with Gasteiger partial charge in [-0.2, -0.15) is 0 Å². The molecule has 1 aliphatic carbocycles. The molecule has 3 nitrogen and oxygen atoms in total. The van der Waals surface area contributed by atoms with Crippen molar-refractivity contribution < 1.29 is 60.7 Å². The summed E-state index contributed by atoms with van der Waals surface area (Å²) in [6, 6.07) is 0. The van der Waals surface area contributed by atoms with E-state index in [0.717, 1.165) is 12.8 Å². The Morgan fingerprint density at radius 2 is 2.05 bits per heavy atom. The van der Waals surface area contributed by atoms with Crippen LogP contribution in [0, 0.1) is 53.1 Å². The summed E-state index contributed by atoms with van der Waals surface area (Å²) in [7, 11) is 0. The van der Waals surface area contributed by atoms with Crippen LogP contribution in [0.1, 0.15) is 45.4 Å². The molecule has 0 bridgehead atoms. The molecule has 0 spiro atoms. The molecule has 4 unspecified atom stereocenters. The van der Waals surface area contributed by atoms with Gasteiger partial charge in [0, 0.05) is 54.1 Å². The summed E-state index contributed by atoms with van der Waals surface area (Å²) in [4.78, 5) is 10.3. The first-order valence-corrected chi connectivity index (χ1v) is 6.75. The van der Waals surface area contributed by atoms with Crippen molar-refractivity contribution in [2.45, 2.75) is 57.7 Å². The fourth-order valence-electron chi connectivity index (χ4n) is 2.77. The standard InChI is InChI=1S/C14H23FO3.Pr/c1-2-10-11(13(16)9-12(10)15)7-5-3-4-6-8-14(17)18;/h3,5,10-13,16H,2,4,6-9H2,1H3,(H,17,18);/b5-3+;. The Morgan fingerprint density at radius 3 is 2.63 bits per heavy atom. The monoisotopic (exact) mass is 399 g/mol. The number of rotatable bonds is 7. The van der Waals surface area contributed by atoms with E-state index in [0.29, 0.717) is 12.8 Å². The predicted octanol–water partition coefficient (Wildman–Crippen LogP) is 2.93. The fourth-order valence-corrected chi connectivity index (χ4v) is 2.77. The molecule has 0 aromatic heterocycles. The number of hydrogen-bond donors (Lipinski definition) is 2. The summed E-state index contributed by atoms with van der Waals surface area (Å²) < 4.78 is 13.6. The quantitative estimate of drug-likeness (QED) is 0.511. The Balaban J connectivity index is 0.00000324. The van der Waals surface area contributed by atoms with E-state index in [4.69, 9.17) is 5.11 Å². The number of carbonyl (C=O) groups is 1. The average Bonchev–Trinajstić information content (AvgIpc) is 2.57. The number of carboxylic acids is 1. The first-order chi connectivity index (χ1) is 8.56. The second-order valence-corrected chi connectivity index (χ2v) is 5.05. The minimum absolute atomic E-state index is 0. The van der Waals surface area contributed by atoms with Crippen LogP contribution in [0.5, 0.6) is 0 Å². The molecule has 5 heteroatoms. The number of hydrogen-bond acceptors (Lipinski definition) is 2. The van der Waals surface area contributed by atoms with E-state index >= 15 is 0 Å². The van der Waals surface area contributed by atoms with Crippen LogP contribution in [-0.4, -0.2) is 28.5 Å². The van der Waals surface area contributed by atoms with Gasteiger partial charge in [0.25, 0.3) is 0 Å². The number of carboxylic acid groups (broad SMARTS) is 1. The third kappa shape index (κ3) is 6.64. The van der Waals surface area contributed by atoms with Gasteiger partial charge in [-0.05, 0) is 31.1 Å². The zero-order valence-corrected chi connectivity index (χ0v) is 15.2. The van der Waals surface area contributed by atoms with Crippen molar-refractivity contribution >= 4 is 5.97 Å². The molecule has 0 saturated heterocycles. The van der Waals surface area contributed by atoms with Crippen LogP contribution in [0.4, 0.5) is 4.39 Å². The maximum atomic E-state index is 13.6. The van der Waals surface area contributed by atoms with E-state index in [2.05, 4.69) is 0 Å². The number of halogens is 1. The summed E-state index contributed by atoms with van der Waals surface area (Å²) in [6.07, 6.45) is 5.72. The van der Waals surface area contributed by atoms with Crippen LogP contribution in [0.2, 0.25) is 0 Å². The van der Waals surface area contributed by atoms with Gasteiger partial charge in [-0.3, -0.25) is 4.79 Å². The van der Waals surface area contributed by atoms with Crippen molar-refractivity contribution in [1.82, 2.24) is 0 Å². The smallest absolute Gasteiger partial charge is 0.303 e. The Hall–Kier alpha value is 0.464. The Labute approximate surface area is 147 Å². The summed E-state index contributed by atoms with van der Waals surface area (Å²) in [5, 5.41) is 18.3. The third-order valence-corrected chi connectivity index (χ3v) is 3.78. The number of aliphatic hydroxyl groups excluding tert-OH is 1. The Bertz CT molecular complexity index is 296. The number of unbranched alkanes of at least 4 members (excludes halogenated alkanes) is 1. The topological polar surface area (TPSA) is 57.5 Å². The van der Waals surface area contributed by atoms with Gasteiger partial charge in [0.15, 0.2) is 0 Å². The Kier molecular flexibility index (Phi) is 10.5. The molecule has 4 atom stereocenters. The second-order valence-electron chi connectivity index (χ2n) is 5.05. The van der Waals surface area contributed by atoms with Gasteiger partial charge >= 0.3 is 5.97 Å². The minimum atomic E-state index is -0.879. The molecule has 0 aliphatic heterocycles. The molecular weight excluding hydrogens is 376 g/mol. The minimum Gasteiger partial charge on any atom is -0.481 e. The molecule has 107 valence electrons. The van der Waals surface area contributed by atoms with Gasteiger partial charge in [-0.25, -0.2) is 4.39 Å². The maximum Gasteiger partial charge on any atom is 0.303 e. The van der Waals surface area contributed by atoms with Crippen molar-refractivity contribution in [3.05, 3.63) is 12.2 Å². The number of allylic oxidation sites excluding steroid dienone is 2. The van der Waals surface area contributed by atoms with E-state index in [1.54, 1.807) is 0 Å². The number of aliphatic carboxylic acids is 1. The molecule has 1 fully saturated rings. The summed E-state index contributed by atoms with van der Waals surface area (Å²) in [6.45, 7) is 1.96. The van der Waals surface area contributed by atoms with Crippen LogP contribution in [0.15, 0.2) is 12.2 Å². The first-order valence-electron chi connectivity index (χ1n) is 6.75. The van der Waals surface area contributed by atoms with Gasteiger partial charge in [0.2, 0.25) is 0 Å². The van der Waals surface area contributed by atoms with E-state index in [1.807, 2.05) is 19.1 Å². The zero-order chi connectivity index (χ0) is 13.5. The van der Waals surface area contributed by atoms with Crippen LogP contribution in [0.3, 0.4) is 0 Å². The molecule has 1 saturated carbocycles. The normalized spacial score (nSPS) is 30.5. The third-order valence-electron chi connectivity index (χ3n) is 3.78. The molecule has 0 aromatic carbocycles. The van der Waals surface area contributed by atoms with Crippen molar-refractivity contribution in [3.8, 4) is 0 Å². The van der Waals surface area contributed by atoms with Gasteiger partial charge in [-0.1, -0.05) is 25.5 Å². The second kappa shape index (κ2) is 10.2. The van der Waals surface area contributed by atoms with E-state index in [-0.39, 0.29) is 66.0 Å². The van der Waals surface area contributed by atoms with Crippen molar-refractivity contribution in [3.63, 3.8) is 0 Å². The molecule has 0 aromatic rings. The number of aliphatic hydroxyl groups is 1. The first kappa shape index (κ1) is 19.5. The van der Waals surface area contributed by atoms with Crippen molar-refractivity contribution in [2.24, 2.45) is 11.8 Å². The molecule has 2 N–H and O–H groups in total. The predicted molar refractivity (Wildman–Crippen MR) is 68.0 cm³/mol. The van der Waals surface area contributed by atoms with E-state index < -0.39 is 18.2 Å². The Morgan fingerprint density at radius 1 is 1.37 bits per heavy atom. The fraction of sp³-hybridized carbons (Fsp3) is 0.786. The largest absolute Gasteiger partial charge is 0.481 e. The molecule has 0 amide bonds. The van der Waals surface area contributed by atoms with Crippen LogP contribution in [-0.2, 0) is 4.79 Å². The molecule has 1 radical (unpaired) electrons. The van der Waals surface area contributed by atoms with Crippen LogP contribution >= 0.6 is 0 Å². The number of alkyl halides is 1. The molecular formula is C14H23FO3Pr. The maximum absolute atomic E-state index is 13.6. The summed E-state index contributed by atoms with van der Waals surface area (Å²) in [5.41, 5.74) is 0.